The second-order valence-corrected chi connectivity index (χ2v) is 3.65. The predicted octanol–water partition coefficient (Wildman–Crippen LogP) is 2.39. The van der Waals surface area contributed by atoms with Crippen molar-refractivity contribution in [3.63, 3.8) is 0 Å². The molecule has 0 bridgehead atoms. The summed E-state index contributed by atoms with van der Waals surface area (Å²) in [5.41, 5.74) is 0. The normalized spacial score (nSPS) is 12.3. The summed E-state index contributed by atoms with van der Waals surface area (Å²) in [5, 5.41) is 3.78. The van der Waals surface area contributed by atoms with Crippen LogP contribution in [-0.2, 0) is 9.53 Å². The van der Waals surface area contributed by atoms with E-state index in [-0.39, 0.29) is 11.9 Å². The first-order valence-electron chi connectivity index (χ1n) is 5.80. The van der Waals surface area contributed by atoms with Gasteiger partial charge >= 0.3 is 5.97 Å². The van der Waals surface area contributed by atoms with Gasteiger partial charge in [-0.3, -0.25) is 4.79 Å². The molecule has 1 unspecified atom stereocenters. The molecule has 0 aliphatic heterocycles. The van der Waals surface area contributed by atoms with Gasteiger partial charge in [-0.15, -0.1) is 0 Å². The fraction of sp³-hybridized carbons (Fsp3) is 0.417. The molecule has 2 rings (SSSR count). The molecule has 0 aromatic carbocycles. The smallest absolute Gasteiger partial charge is 0.318 e. The van der Waals surface area contributed by atoms with E-state index in [1.807, 2.05) is 6.92 Å². The van der Waals surface area contributed by atoms with Gasteiger partial charge in [0, 0.05) is 0 Å². The molecule has 0 saturated heterocycles. The lowest BCUT2D eigenvalue weighted by molar-refractivity contribution is -0.145. The van der Waals surface area contributed by atoms with Crippen molar-refractivity contribution in [1.29, 1.82) is 0 Å². The molecule has 18 heavy (non-hydrogen) atoms. The van der Waals surface area contributed by atoms with Crippen LogP contribution in [0.15, 0.2) is 27.3 Å². The molecule has 0 fully saturated rings. The van der Waals surface area contributed by atoms with Crippen molar-refractivity contribution in [3.8, 4) is 11.6 Å². The topological polar surface area (TPSA) is 78.4 Å². The van der Waals surface area contributed by atoms with E-state index in [2.05, 4.69) is 10.1 Å². The highest BCUT2D eigenvalue weighted by atomic mass is 16.5. The number of rotatable bonds is 5. The van der Waals surface area contributed by atoms with Gasteiger partial charge in [-0.05, 0) is 25.5 Å². The maximum atomic E-state index is 11.7. The van der Waals surface area contributed by atoms with Crippen molar-refractivity contribution in [2.24, 2.45) is 0 Å². The Morgan fingerprint density at radius 1 is 1.50 bits per heavy atom. The van der Waals surface area contributed by atoms with Gasteiger partial charge in [-0.1, -0.05) is 12.1 Å². The van der Waals surface area contributed by atoms with Gasteiger partial charge in [0.1, 0.15) is 5.92 Å². The van der Waals surface area contributed by atoms with Crippen molar-refractivity contribution in [2.45, 2.75) is 26.2 Å². The number of carbonyl (C=O) groups excluding carboxylic acids is 1. The lowest BCUT2D eigenvalue weighted by Gasteiger charge is -2.08. The average Bonchev–Trinajstić information content (AvgIpc) is 3.00. The average molecular weight is 250 g/mol. The summed E-state index contributed by atoms with van der Waals surface area (Å²) < 4.78 is 15.2. The molecule has 0 N–H and O–H groups in total. The number of hydrogen-bond donors (Lipinski definition) is 0. The van der Waals surface area contributed by atoms with E-state index in [4.69, 9.17) is 13.7 Å². The van der Waals surface area contributed by atoms with Crippen LogP contribution >= 0.6 is 0 Å². The Labute approximate surface area is 104 Å². The molecule has 0 saturated carbocycles. The Bertz CT molecular complexity index is 504. The first-order valence-corrected chi connectivity index (χ1v) is 5.80. The van der Waals surface area contributed by atoms with Crippen molar-refractivity contribution < 1.29 is 18.5 Å². The third kappa shape index (κ3) is 2.42. The fourth-order valence-corrected chi connectivity index (χ4v) is 1.57. The van der Waals surface area contributed by atoms with Crippen molar-refractivity contribution in [1.82, 2.24) is 10.1 Å². The SMILES string of the molecule is CCOC(=O)C(CC)c1nc(-c2ccco2)no1. The van der Waals surface area contributed by atoms with E-state index in [1.54, 1.807) is 19.1 Å². The maximum Gasteiger partial charge on any atom is 0.318 e. The number of esters is 1. The molecule has 0 spiro atoms. The van der Waals surface area contributed by atoms with Crippen molar-refractivity contribution >= 4 is 5.97 Å². The zero-order chi connectivity index (χ0) is 13.0. The van der Waals surface area contributed by atoms with E-state index in [9.17, 15) is 4.79 Å². The summed E-state index contributed by atoms with van der Waals surface area (Å²) in [6.45, 7) is 3.94. The van der Waals surface area contributed by atoms with Crippen LogP contribution in [0.25, 0.3) is 11.6 Å². The molecule has 2 aromatic rings. The van der Waals surface area contributed by atoms with Crippen LogP contribution in [0.4, 0.5) is 0 Å². The summed E-state index contributed by atoms with van der Waals surface area (Å²) >= 11 is 0. The van der Waals surface area contributed by atoms with Gasteiger partial charge < -0.3 is 13.7 Å². The molecule has 96 valence electrons. The first-order chi connectivity index (χ1) is 8.76. The third-order valence-corrected chi connectivity index (χ3v) is 2.46. The Kier molecular flexibility index (Phi) is 3.76. The number of aromatic nitrogens is 2. The van der Waals surface area contributed by atoms with Gasteiger partial charge in [0.15, 0.2) is 5.76 Å². The van der Waals surface area contributed by atoms with Crippen molar-refractivity contribution in [2.75, 3.05) is 6.61 Å². The van der Waals surface area contributed by atoms with Crippen molar-refractivity contribution in [3.05, 3.63) is 24.3 Å². The zero-order valence-electron chi connectivity index (χ0n) is 10.3. The van der Waals surface area contributed by atoms with Gasteiger partial charge in [0.2, 0.25) is 11.7 Å². The van der Waals surface area contributed by atoms with Crippen LogP contribution in [0.5, 0.6) is 0 Å². The molecule has 6 heteroatoms. The predicted molar refractivity (Wildman–Crippen MR) is 61.7 cm³/mol. The Balaban J connectivity index is 2.20. The van der Waals surface area contributed by atoms with Crippen LogP contribution in [0.1, 0.15) is 32.1 Å². The number of ether oxygens (including phenoxy) is 1. The van der Waals surface area contributed by atoms with E-state index in [0.717, 1.165) is 0 Å². The number of carbonyl (C=O) groups is 1. The fourth-order valence-electron chi connectivity index (χ4n) is 1.57. The molecule has 0 amide bonds. The first kappa shape index (κ1) is 12.3. The second kappa shape index (κ2) is 5.48. The van der Waals surface area contributed by atoms with Gasteiger partial charge in [0.05, 0.1) is 12.9 Å². The summed E-state index contributed by atoms with van der Waals surface area (Å²) in [4.78, 5) is 15.9. The van der Waals surface area contributed by atoms with Crippen LogP contribution in [-0.4, -0.2) is 22.7 Å². The Morgan fingerprint density at radius 3 is 2.94 bits per heavy atom. The summed E-state index contributed by atoms with van der Waals surface area (Å²) in [6.07, 6.45) is 2.06. The lowest BCUT2D eigenvalue weighted by Crippen LogP contribution is -2.15. The summed E-state index contributed by atoms with van der Waals surface area (Å²) in [6, 6.07) is 3.45. The van der Waals surface area contributed by atoms with Gasteiger partial charge in [-0.25, -0.2) is 0 Å². The van der Waals surface area contributed by atoms with E-state index in [0.29, 0.717) is 24.6 Å². The van der Waals surface area contributed by atoms with Crippen LogP contribution in [0.3, 0.4) is 0 Å². The molecular formula is C12H14N2O4. The van der Waals surface area contributed by atoms with E-state index < -0.39 is 5.92 Å². The van der Waals surface area contributed by atoms with Crippen LogP contribution in [0.2, 0.25) is 0 Å². The van der Waals surface area contributed by atoms with Crippen LogP contribution < -0.4 is 0 Å². The highest BCUT2D eigenvalue weighted by molar-refractivity contribution is 5.76. The lowest BCUT2D eigenvalue weighted by atomic mass is 10.1. The van der Waals surface area contributed by atoms with E-state index in [1.165, 1.54) is 6.26 Å². The molecule has 0 aliphatic rings. The molecule has 6 nitrogen and oxygen atoms in total. The second-order valence-electron chi connectivity index (χ2n) is 3.65. The van der Waals surface area contributed by atoms with Crippen LogP contribution in [0, 0.1) is 0 Å². The Morgan fingerprint density at radius 2 is 2.33 bits per heavy atom. The quantitative estimate of drug-likeness (QED) is 0.758. The summed E-state index contributed by atoms with van der Waals surface area (Å²) in [5.74, 6) is 0.208. The molecule has 1 atom stereocenters. The molecule has 2 heterocycles. The molecular weight excluding hydrogens is 236 g/mol. The minimum Gasteiger partial charge on any atom is -0.465 e. The standard InChI is InChI=1S/C12H14N2O4/c1-3-8(12(15)16-4-2)11-13-10(14-18-11)9-6-5-7-17-9/h5-8H,3-4H2,1-2H3. The third-order valence-electron chi connectivity index (χ3n) is 2.46. The van der Waals surface area contributed by atoms with Gasteiger partial charge in [0.25, 0.3) is 0 Å². The number of hydrogen-bond acceptors (Lipinski definition) is 6. The zero-order valence-corrected chi connectivity index (χ0v) is 10.3. The number of furan rings is 1. The van der Waals surface area contributed by atoms with E-state index >= 15 is 0 Å². The Hall–Kier alpha value is -2.11. The molecule has 0 aliphatic carbocycles. The highest BCUT2D eigenvalue weighted by Crippen LogP contribution is 2.23. The molecule has 0 radical (unpaired) electrons. The minimum absolute atomic E-state index is 0.252. The largest absolute Gasteiger partial charge is 0.465 e. The molecule has 2 aromatic heterocycles. The summed E-state index contributed by atoms with van der Waals surface area (Å²) in [7, 11) is 0. The monoisotopic (exact) mass is 250 g/mol. The number of nitrogens with zero attached hydrogens (tertiary/aromatic N) is 2. The van der Waals surface area contributed by atoms with Gasteiger partial charge in [-0.2, -0.15) is 4.98 Å². The minimum atomic E-state index is -0.527. The maximum absolute atomic E-state index is 11.7. The highest BCUT2D eigenvalue weighted by Gasteiger charge is 2.26.